The Hall–Kier alpha value is -1.53. The fourth-order valence-electron chi connectivity index (χ4n) is 1.94. The van der Waals surface area contributed by atoms with Crippen LogP contribution in [0.5, 0.6) is 11.5 Å². The van der Waals surface area contributed by atoms with Crippen LogP contribution in [0.3, 0.4) is 0 Å². The van der Waals surface area contributed by atoms with Gasteiger partial charge in [0.25, 0.3) is 0 Å². The van der Waals surface area contributed by atoms with Crippen molar-refractivity contribution in [1.29, 1.82) is 0 Å². The van der Waals surface area contributed by atoms with E-state index in [0.717, 1.165) is 46.2 Å². The van der Waals surface area contributed by atoms with Crippen molar-refractivity contribution in [2.24, 2.45) is 0 Å². The standard InChI is InChI=1S/C16H24N2O3S/c1-4-7-20-12-10-13(21-8-5-2)15-14(11-12)22-16(18-15)17-6-9-19-3/h10-11H,4-9H2,1-3H3,(H,17,18). The van der Waals surface area contributed by atoms with Gasteiger partial charge in [0.1, 0.15) is 17.0 Å². The van der Waals surface area contributed by atoms with E-state index in [4.69, 9.17) is 14.2 Å². The summed E-state index contributed by atoms with van der Waals surface area (Å²) in [7, 11) is 1.69. The lowest BCUT2D eigenvalue weighted by molar-refractivity contribution is 0.211. The average Bonchev–Trinajstić information content (AvgIpc) is 2.93. The second-order valence-corrected chi connectivity index (χ2v) is 5.93. The highest BCUT2D eigenvalue weighted by molar-refractivity contribution is 7.22. The van der Waals surface area contributed by atoms with E-state index in [-0.39, 0.29) is 0 Å². The molecule has 6 heteroatoms. The zero-order chi connectivity index (χ0) is 15.8. The molecule has 1 heterocycles. The highest BCUT2D eigenvalue weighted by atomic mass is 32.1. The number of rotatable bonds is 10. The topological polar surface area (TPSA) is 52.6 Å². The molecular weight excluding hydrogens is 300 g/mol. The van der Waals surface area contributed by atoms with Crippen LogP contribution in [-0.2, 0) is 4.74 Å². The monoisotopic (exact) mass is 324 g/mol. The predicted octanol–water partition coefficient (Wildman–Crippen LogP) is 3.93. The van der Waals surface area contributed by atoms with E-state index >= 15 is 0 Å². The molecule has 0 aliphatic carbocycles. The third kappa shape index (κ3) is 4.48. The normalized spacial score (nSPS) is 10.9. The molecule has 1 N–H and O–H groups in total. The molecule has 0 atom stereocenters. The Bertz CT molecular complexity index is 586. The zero-order valence-electron chi connectivity index (χ0n) is 13.5. The van der Waals surface area contributed by atoms with Gasteiger partial charge in [-0.05, 0) is 18.9 Å². The maximum atomic E-state index is 5.84. The highest BCUT2D eigenvalue weighted by Gasteiger charge is 2.12. The van der Waals surface area contributed by atoms with E-state index in [2.05, 4.69) is 24.1 Å². The smallest absolute Gasteiger partial charge is 0.184 e. The summed E-state index contributed by atoms with van der Waals surface area (Å²) in [4.78, 5) is 4.63. The number of benzene rings is 1. The number of ether oxygens (including phenoxy) is 3. The number of nitrogens with one attached hydrogen (secondary N) is 1. The van der Waals surface area contributed by atoms with Gasteiger partial charge in [-0.2, -0.15) is 0 Å². The van der Waals surface area contributed by atoms with Crippen molar-refractivity contribution in [3.63, 3.8) is 0 Å². The molecule has 0 radical (unpaired) electrons. The van der Waals surface area contributed by atoms with Crippen molar-refractivity contribution < 1.29 is 14.2 Å². The minimum absolute atomic E-state index is 0.653. The van der Waals surface area contributed by atoms with Crippen LogP contribution in [0.4, 0.5) is 5.13 Å². The molecular formula is C16H24N2O3S. The third-order valence-corrected chi connectivity index (χ3v) is 3.91. The first-order chi connectivity index (χ1) is 10.8. The molecule has 0 saturated carbocycles. The Morgan fingerprint density at radius 1 is 1.09 bits per heavy atom. The van der Waals surface area contributed by atoms with Gasteiger partial charge in [0.2, 0.25) is 0 Å². The number of thiazole rings is 1. The van der Waals surface area contributed by atoms with Gasteiger partial charge in [0.15, 0.2) is 5.13 Å². The van der Waals surface area contributed by atoms with Crippen LogP contribution >= 0.6 is 11.3 Å². The highest BCUT2D eigenvalue weighted by Crippen LogP contribution is 2.36. The lowest BCUT2D eigenvalue weighted by atomic mass is 10.3. The largest absolute Gasteiger partial charge is 0.493 e. The molecule has 22 heavy (non-hydrogen) atoms. The van der Waals surface area contributed by atoms with Crippen molar-refractivity contribution in [2.75, 3.05) is 38.8 Å². The number of anilines is 1. The SMILES string of the molecule is CCCOc1cc(OCCC)c2nc(NCCOC)sc2c1. The molecule has 122 valence electrons. The lowest BCUT2D eigenvalue weighted by Crippen LogP contribution is -2.06. The number of fused-ring (bicyclic) bond motifs is 1. The summed E-state index contributed by atoms with van der Waals surface area (Å²) in [6.07, 6.45) is 1.94. The molecule has 1 aromatic heterocycles. The van der Waals surface area contributed by atoms with E-state index in [1.54, 1.807) is 18.4 Å². The molecule has 0 amide bonds. The van der Waals surface area contributed by atoms with Crippen LogP contribution in [0.1, 0.15) is 26.7 Å². The van der Waals surface area contributed by atoms with Crippen molar-refractivity contribution in [3.8, 4) is 11.5 Å². The summed E-state index contributed by atoms with van der Waals surface area (Å²) >= 11 is 1.61. The van der Waals surface area contributed by atoms with Crippen molar-refractivity contribution in [1.82, 2.24) is 4.98 Å². The lowest BCUT2D eigenvalue weighted by Gasteiger charge is -2.09. The Morgan fingerprint density at radius 3 is 2.59 bits per heavy atom. The quantitative estimate of drug-likeness (QED) is 0.671. The summed E-state index contributed by atoms with van der Waals surface area (Å²) in [6.45, 7) is 6.96. The first kappa shape index (κ1) is 16.8. The summed E-state index contributed by atoms with van der Waals surface area (Å²) in [5.74, 6) is 1.63. The zero-order valence-corrected chi connectivity index (χ0v) is 14.3. The Balaban J connectivity index is 2.25. The van der Waals surface area contributed by atoms with Gasteiger partial charge in [-0.15, -0.1) is 0 Å². The Labute approximate surface area is 135 Å². The van der Waals surface area contributed by atoms with E-state index in [1.807, 2.05) is 12.1 Å². The molecule has 1 aromatic carbocycles. The fourth-order valence-corrected chi connectivity index (χ4v) is 2.87. The number of hydrogen-bond donors (Lipinski definition) is 1. The first-order valence-corrected chi connectivity index (χ1v) is 8.53. The Kier molecular flexibility index (Phi) is 6.74. The maximum Gasteiger partial charge on any atom is 0.184 e. The molecule has 2 rings (SSSR count). The molecule has 0 saturated heterocycles. The van der Waals surface area contributed by atoms with Gasteiger partial charge < -0.3 is 19.5 Å². The van der Waals surface area contributed by atoms with Crippen LogP contribution < -0.4 is 14.8 Å². The van der Waals surface area contributed by atoms with Crippen molar-refractivity contribution in [3.05, 3.63) is 12.1 Å². The summed E-state index contributed by atoms with van der Waals surface area (Å²) in [5.41, 5.74) is 0.891. The third-order valence-electron chi connectivity index (χ3n) is 2.95. The number of hydrogen-bond acceptors (Lipinski definition) is 6. The fraction of sp³-hybridized carbons (Fsp3) is 0.562. The van der Waals surface area contributed by atoms with Crippen molar-refractivity contribution >= 4 is 26.7 Å². The maximum absolute atomic E-state index is 5.84. The van der Waals surface area contributed by atoms with Crippen LogP contribution in [0.25, 0.3) is 10.2 Å². The van der Waals surface area contributed by atoms with E-state index in [0.29, 0.717) is 19.8 Å². The van der Waals surface area contributed by atoms with E-state index in [1.165, 1.54) is 0 Å². The molecule has 0 spiro atoms. The van der Waals surface area contributed by atoms with Crippen LogP contribution in [0.2, 0.25) is 0 Å². The second kappa shape index (κ2) is 8.80. The number of aromatic nitrogens is 1. The molecule has 0 fully saturated rings. The minimum atomic E-state index is 0.653. The molecule has 0 bridgehead atoms. The van der Waals surface area contributed by atoms with Gasteiger partial charge >= 0.3 is 0 Å². The second-order valence-electron chi connectivity index (χ2n) is 4.90. The van der Waals surface area contributed by atoms with Crippen LogP contribution in [0.15, 0.2) is 12.1 Å². The van der Waals surface area contributed by atoms with Crippen molar-refractivity contribution in [2.45, 2.75) is 26.7 Å². The van der Waals surface area contributed by atoms with Gasteiger partial charge in [0, 0.05) is 19.7 Å². The summed E-state index contributed by atoms with van der Waals surface area (Å²) in [6, 6.07) is 3.97. The molecule has 5 nitrogen and oxygen atoms in total. The van der Waals surface area contributed by atoms with Gasteiger partial charge in [-0.3, -0.25) is 0 Å². The predicted molar refractivity (Wildman–Crippen MR) is 91.6 cm³/mol. The summed E-state index contributed by atoms with van der Waals surface area (Å²) in [5, 5.41) is 4.14. The average molecular weight is 324 g/mol. The van der Waals surface area contributed by atoms with Gasteiger partial charge in [0.05, 0.1) is 24.5 Å². The number of methoxy groups -OCH3 is 1. The van der Waals surface area contributed by atoms with Crippen LogP contribution in [-0.4, -0.2) is 38.5 Å². The van der Waals surface area contributed by atoms with E-state index < -0.39 is 0 Å². The molecule has 0 aliphatic heterocycles. The van der Waals surface area contributed by atoms with E-state index in [9.17, 15) is 0 Å². The molecule has 0 unspecified atom stereocenters. The van der Waals surface area contributed by atoms with Gasteiger partial charge in [-0.1, -0.05) is 25.2 Å². The summed E-state index contributed by atoms with van der Waals surface area (Å²) < 4.78 is 17.7. The molecule has 0 aliphatic rings. The molecule has 2 aromatic rings. The Morgan fingerprint density at radius 2 is 1.86 bits per heavy atom. The first-order valence-electron chi connectivity index (χ1n) is 7.71. The van der Waals surface area contributed by atoms with Crippen LogP contribution in [0, 0.1) is 0 Å². The number of nitrogens with zero attached hydrogens (tertiary/aromatic N) is 1. The van der Waals surface area contributed by atoms with Gasteiger partial charge in [-0.25, -0.2) is 4.98 Å². The minimum Gasteiger partial charge on any atom is -0.493 e.